The molecule has 1 aliphatic rings. The molecule has 0 bridgehead atoms. The van der Waals surface area contributed by atoms with Crippen LogP contribution in [0.25, 0.3) is 0 Å². The second-order valence-electron chi connectivity index (χ2n) is 6.27. The Balaban J connectivity index is 1.64. The molecule has 2 aromatic carbocycles. The minimum Gasteiger partial charge on any atom is -0.378 e. The topological polar surface area (TPSA) is 66.5 Å². The zero-order valence-electron chi connectivity index (χ0n) is 14.3. The van der Waals surface area contributed by atoms with Gasteiger partial charge in [0.05, 0.1) is 11.4 Å². The van der Waals surface area contributed by atoms with Gasteiger partial charge in [-0.3, -0.25) is 4.79 Å². The Morgan fingerprint density at radius 1 is 0.962 bits per heavy atom. The molecule has 0 aromatic heterocycles. The Kier molecular flexibility index (Phi) is 5.68. The number of hydrogen-bond acceptors (Lipinski definition) is 4. The van der Waals surface area contributed by atoms with E-state index >= 15 is 0 Å². The van der Waals surface area contributed by atoms with Gasteiger partial charge in [0.25, 0.3) is 0 Å². The van der Waals surface area contributed by atoms with Crippen molar-refractivity contribution >= 4 is 21.5 Å². The second kappa shape index (κ2) is 7.97. The molecule has 1 aliphatic heterocycles. The minimum absolute atomic E-state index is 0.0455. The summed E-state index contributed by atoms with van der Waals surface area (Å²) in [6.07, 6.45) is 2.82. The average molecular weight is 376 g/mol. The van der Waals surface area contributed by atoms with Gasteiger partial charge in [-0.1, -0.05) is 6.42 Å². The highest BCUT2D eigenvalue weighted by Gasteiger charge is 2.25. The molecule has 5 nitrogen and oxygen atoms in total. The zero-order valence-corrected chi connectivity index (χ0v) is 15.1. The lowest BCUT2D eigenvalue weighted by molar-refractivity contribution is 0.101. The molecule has 1 saturated heterocycles. The van der Waals surface area contributed by atoms with Gasteiger partial charge in [-0.15, -0.1) is 0 Å². The molecule has 138 valence electrons. The van der Waals surface area contributed by atoms with Gasteiger partial charge in [0.15, 0.2) is 5.78 Å². The molecule has 0 radical (unpaired) electrons. The largest absolute Gasteiger partial charge is 0.378 e. The molecule has 1 fully saturated rings. The molecule has 3 rings (SSSR count). The van der Waals surface area contributed by atoms with Crippen molar-refractivity contribution in [2.45, 2.75) is 24.2 Å². The quantitative estimate of drug-likeness (QED) is 0.786. The molecule has 1 heterocycles. The normalized spacial score (nSPS) is 15.6. The van der Waals surface area contributed by atoms with Crippen molar-refractivity contribution in [3.8, 4) is 0 Å². The van der Waals surface area contributed by atoms with Crippen LogP contribution in [0.15, 0.2) is 53.4 Å². The number of rotatable bonds is 6. The Hall–Kier alpha value is -2.25. The first-order chi connectivity index (χ1) is 12.5. The lowest BCUT2D eigenvalue weighted by atomic mass is 10.1. The molecule has 0 unspecified atom stereocenters. The number of anilines is 1. The van der Waals surface area contributed by atoms with Crippen LogP contribution in [0.4, 0.5) is 10.1 Å². The summed E-state index contributed by atoms with van der Waals surface area (Å²) in [7, 11) is -3.49. The summed E-state index contributed by atoms with van der Waals surface area (Å²) in [5, 5.41) is 2.92. The maximum absolute atomic E-state index is 12.9. The monoisotopic (exact) mass is 376 g/mol. The summed E-state index contributed by atoms with van der Waals surface area (Å²) >= 11 is 0. The van der Waals surface area contributed by atoms with Crippen LogP contribution in [0.5, 0.6) is 0 Å². The molecule has 0 saturated carbocycles. The summed E-state index contributed by atoms with van der Waals surface area (Å²) in [6.45, 7) is 1.14. The summed E-state index contributed by atoms with van der Waals surface area (Å²) in [5.41, 5.74) is 1.07. The molecule has 0 amide bonds. The van der Waals surface area contributed by atoms with Crippen molar-refractivity contribution in [1.82, 2.24) is 4.31 Å². The fourth-order valence-corrected chi connectivity index (χ4v) is 4.44. The lowest BCUT2D eigenvalue weighted by Crippen LogP contribution is -2.35. The fraction of sp³-hybridized carbons (Fsp3) is 0.316. The first-order valence-electron chi connectivity index (χ1n) is 8.60. The van der Waals surface area contributed by atoms with E-state index in [0.29, 0.717) is 24.3 Å². The van der Waals surface area contributed by atoms with Gasteiger partial charge < -0.3 is 5.32 Å². The molecule has 26 heavy (non-hydrogen) atoms. The smallest absolute Gasteiger partial charge is 0.243 e. The highest BCUT2D eigenvalue weighted by molar-refractivity contribution is 7.89. The molecular weight excluding hydrogens is 355 g/mol. The number of carbonyl (C=O) groups is 1. The molecule has 0 atom stereocenters. The van der Waals surface area contributed by atoms with E-state index in [-0.39, 0.29) is 23.0 Å². The number of Topliss-reactive ketones (excluding diaryl/α,β-unsaturated/α-hetero) is 1. The van der Waals surface area contributed by atoms with Gasteiger partial charge >= 0.3 is 0 Å². The standard InChI is InChI=1S/C19H21FN2O3S/c20-16-6-8-17(9-7-16)21-14-19(23)15-4-10-18(11-5-15)26(24,25)22-12-2-1-3-13-22/h4-11,21H,1-3,12-14H2. The Morgan fingerprint density at radius 3 is 2.19 bits per heavy atom. The van der Waals surface area contributed by atoms with E-state index in [2.05, 4.69) is 5.32 Å². The van der Waals surface area contributed by atoms with Gasteiger partial charge in [-0.25, -0.2) is 12.8 Å². The first kappa shape index (κ1) is 18.5. The number of nitrogens with zero attached hydrogens (tertiary/aromatic N) is 1. The van der Waals surface area contributed by atoms with E-state index < -0.39 is 10.0 Å². The molecule has 0 aliphatic carbocycles. The van der Waals surface area contributed by atoms with E-state index in [1.54, 1.807) is 12.1 Å². The summed E-state index contributed by atoms with van der Waals surface area (Å²) in [4.78, 5) is 12.5. The van der Waals surface area contributed by atoms with Crippen LogP contribution in [0.1, 0.15) is 29.6 Å². The van der Waals surface area contributed by atoms with Crippen molar-refractivity contribution in [1.29, 1.82) is 0 Å². The summed E-state index contributed by atoms with van der Waals surface area (Å²) in [6, 6.07) is 11.8. The number of halogens is 1. The van der Waals surface area contributed by atoms with E-state index in [9.17, 15) is 17.6 Å². The number of piperidine rings is 1. The first-order valence-corrected chi connectivity index (χ1v) is 10.0. The Labute approximate surface area is 152 Å². The maximum Gasteiger partial charge on any atom is 0.243 e. The third kappa shape index (κ3) is 4.28. The summed E-state index contributed by atoms with van der Waals surface area (Å²) < 4.78 is 39.6. The predicted octanol–water partition coefficient (Wildman–Crippen LogP) is 3.30. The van der Waals surface area contributed by atoms with Gasteiger partial charge in [0.2, 0.25) is 10.0 Å². The number of nitrogens with one attached hydrogen (secondary N) is 1. The van der Waals surface area contributed by atoms with Gasteiger partial charge in [-0.2, -0.15) is 4.31 Å². The number of hydrogen-bond donors (Lipinski definition) is 1. The van der Waals surface area contributed by atoms with E-state index in [4.69, 9.17) is 0 Å². The number of ketones is 1. The van der Waals surface area contributed by atoms with Crippen molar-refractivity contribution in [2.24, 2.45) is 0 Å². The van der Waals surface area contributed by atoms with Crippen LogP contribution >= 0.6 is 0 Å². The third-order valence-corrected chi connectivity index (χ3v) is 6.34. The van der Waals surface area contributed by atoms with Crippen LogP contribution in [-0.4, -0.2) is 38.1 Å². The fourth-order valence-electron chi connectivity index (χ4n) is 2.92. The van der Waals surface area contributed by atoms with Crippen LogP contribution < -0.4 is 5.32 Å². The molecule has 7 heteroatoms. The number of sulfonamides is 1. The SMILES string of the molecule is O=C(CNc1ccc(F)cc1)c1ccc(S(=O)(=O)N2CCCCC2)cc1. The zero-order chi connectivity index (χ0) is 18.6. The van der Waals surface area contributed by atoms with Crippen LogP contribution in [0.2, 0.25) is 0 Å². The van der Waals surface area contributed by atoms with Crippen molar-refractivity contribution < 1.29 is 17.6 Å². The van der Waals surface area contributed by atoms with E-state index in [1.165, 1.54) is 40.7 Å². The number of carbonyl (C=O) groups excluding carboxylic acids is 1. The maximum atomic E-state index is 12.9. The molecule has 0 spiro atoms. The van der Waals surface area contributed by atoms with Crippen molar-refractivity contribution in [3.05, 3.63) is 59.9 Å². The van der Waals surface area contributed by atoms with Gasteiger partial charge in [0.1, 0.15) is 5.82 Å². The highest BCUT2D eigenvalue weighted by Crippen LogP contribution is 2.21. The minimum atomic E-state index is -3.49. The van der Waals surface area contributed by atoms with E-state index in [1.807, 2.05) is 0 Å². The third-order valence-electron chi connectivity index (χ3n) is 4.43. The van der Waals surface area contributed by atoms with Gasteiger partial charge in [0, 0.05) is 24.3 Å². The highest BCUT2D eigenvalue weighted by atomic mass is 32.2. The molecule has 2 aromatic rings. The Morgan fingerprint density at radius 2 is 1.58 bits per heavy atom. The predicted molar refractivity (Wildman–Crippen MR) is 98.3 cm³/mol. The molecule has 1 N–H and O–H groups in total. The number of benzene rings is 2. The van der Waals surface area contributed by atoms with Crippen LogP contribution in [0, 0.1) is 5.82 Å². The summed E-state index contributed by atoms with van der Waals surface area (Å²) in [5.74, 6) is -0.511. The van der Waals surface area contributed by atoms with Crippen LogP contribution in [-0.2, 0) is 10.0 Å². The van der Waals surface area contributed by atoms with Crippen molar-refractivity contribution in [2.75, 3.05) is 25.0 Å². The van der Waals surface area contributed by atoms with Gasteiger partial charge in [-0.05, 0) is 61.4 Å². The molecular formula is C19H21FN2O3S. The Bertz CT molecular complexity index is 859. The van der Waals surface area contributed by atoms with Crippen LogP contribution in [0.3, 0.4) is 0 Å². The van der Waals surface area contributed by atoms with Crippen molar-refractivity contribution in [3.63, 3.8) is 0 Å². The lowest BCUT2D eigenvalue weighted by Gasteiger charge is -2.25. The van der Waals surface area contributed by atoms with E-state index in [0.717, 1.165) is 19.3 Å². The second-order valence-corrected chi connectivity index (χ2v) is 8.21. The average Bonchev–Trinajstić information content (AvgIpc) is 2.68.